The van der Waals surface area contributed by atoms with Crippen LogP contribution < -0.4 is 20.3 Å². The summed E-state index contributed by atoms with van der Waals surface area (Å²) in [5.74, 6) is 1.11. The summed E-state index contributed by atoms with van der Waals surface area (Å²) in [4.78, 5) is 24.7. The van der Waals surface area contributed by atoms with Crippen LogP contribution in [0.4, 0.5) is 0 Å². The molecule has 35 heavy (non-hydrogen) atoms. The van der Waals surface area contributed by atoms with Crippen molar-refractivity contribution in [3.05, 3.63) is 124 Å². The van der Waals surface area contributed by atoms with Gasteiger partial charge in [-0.2, -0.15) is 5.10 Å². The molecule has 0 unspecified atom stereocenters. The first-order valence-electron chi connectivity index (χ1n) is 11.4. The second kappa shape index (κ2) is 11.7. The number of para-hydroxylation sites is 1. The monoisotopic (exact) mass is 469 g/mol. The predicted molar refractivity (Wildman–Crippen MR) is 134 cm³/mol. The van der Waals surface area contributed by atoms with Crippen LogP contribution in [-0.2, 0) is 19.7 Å². The van der Waals surface area contributed by atoms with Gasteiger partial charge in [-0.25, -0.2) is 4.68 Å². The van der Waals surface area contributed by atoms with Crippen molar-refractivity contribution in [1.82, 2.24) is 15.1 Å². The first-order chi connectivity index (χ1) is 17.1. The Balaban J connectivity index is 1.27. The summed E-state index contributed by atoms with van der Waals surface area (Å²) in [6, 6.07) is 27.8. The van der Waals surface area contributed by atoms with Crippen molar-refractivity contribution < 1.29 is 14.3 Å². The lowest BCUT2D eigenvalue weighted by molar-refractivity contribution is 0.0943. The molecule has 0 saturated heterocycles. The summed E-state index contributed by atoms with van der Waals surface area (Å²) in [6.07, 6.45) is 0. The molecule has 178 valence electrons. The van der Waals surface area contributed by atoms with Crippen LogP contribution >= 0.6 is 0 Å². The van der Waals surface area contributed by atoms with E-state index in [1.165, 1.54) is 22.4 Å². The molecular weight excluding hydrogens is 442 g/mol. The zero-order chi connectivity index (χ0) is 24.5. The average molecular weight is 470 g/mol. The second-order valence-corrected chi connectivity index (χ2v) is 8.05. The van der Waals surface area contributed by atoms with Crippen molar-refractivity contribution >= 4 is 5.91 Å². The third-order valence-electron chi connectivity index (χ3n) is 5.28. The van der Waals surface area contributed by atoms with Crippen molar-refractivity contribution in [2.24, 2.45) is 0 Å². The van der Waals surface area contributed by atoms with Crippen LogP contribution in [0.1, 0.15) is 27.2 Å². The topological polar surface area (TPSA) is 82.5 Å². The van der Waals surface area contributed by atoms with Crippen LogP contribution in [-0.4, -0.2) is 22.3 Å². The molecule has 0 aliphatic heterocycles. The van der Waals surface area contributed by atoms with E-state index < -0.39 is 0 Å². The average Bonchev–Trinajstić information content (AvgIpc) is 2.88. The Bertz CT molecular complexity index is 1320. The molecule has 0 fully saturated rings. The normalized spacial score (nSPS) is 10.5. The molecule has 0 aliphatic rings. The minimum absolute atomic E-state index is 0.169. The molecule has 1 amide bonds. The van der Waals surface area contributed by atoms with Crippen LogP contribution in [0.15, 0.2) is 95.8 Å². The van der Waals surface area contributed by atoms with E-state index in [2.05, 4.69) is 29.5 Å². The lowest BCUT2D eigenvalue weighted by atomic mass is 10.1. The lowest BCUT2D eigenvalue weighted by Crippen LogP contribution is -2.30. The molecule has 0 atom stereocenters. The molecule has 0 aliphatic carbocycles. The van der Waals surface area contributed by atoms with Crippen LogP contribution in [0.3, 0.4) is 0 Å². The Morgan fingerprint density at radius 1 is 0.857 bits per heavy atom. The van der Waals surface area contributed by atoms with E-state index in [0.29, 0.717) is 18.9 Å². The van der Waals surface area contributed by atoms with E-state index in [1.54, 1.807) is 0 Å². The number of nitrogens with zero attached hydrogens (tertiary/aromatic N) is 2. The van der Waals surface area contributed by atoms with Crippen LogP contribution in [0.5, 0.6) is 11.5 Å². The van der Waals surface area contributed by atoms with Gasteiger partial charge in [-0.3, -0.25) is 9.59 Å². The van der Waals surface area contributed by atoms with Crippen LogP contribution in [0, 0.1) is 6.92 Å². The zero-order valence-corrected chi connectivity index (χ0v) is 19.5. The van der Waals surface area contributed by atoms with E-state index in [-0.39, 0.29) is 30.3 Å². The van der Waals surface area contributed by atoms with Gasteiger partial charge in [0.2, 0.25) is 0 Å². The highest BCUT2D eigenvalue weighted by Crippen LogP contribution is 2.15. The largest absolute Gasteiger partial charge is 0.492 e. The number of ether oxygens (including phenoxy) is 2. The predicted octanol–water partition coefficient (Wildman–Crippen LogP) is 4.14. The first kappa shape index (κ1) is 23.8. The number of hydrogen-bond acceptors (Lipinski definition) is 5. The maximum absolute atomic E-state index is 12.6. The summed E-state index contributed by atoms with van der Waals surface area (Å²) in [5, 5.41) is 7.02. The molecule has 0 spiro atoms. The standard InChI is InChI=1S/C28H27N3O4/c1-21-6-5-7-23(18-21)20-35-25-12-10-22(11-13-25)19-29-28(33)26-14-15-27(32)31(30-26)16-17-34-24-8-3-2-4-9-24/h2-15,18H,16-17,19-20H2,1H3,(H,29,33). The molecule has 1 aromatic heterocycles. The summed E-state index contributed by atoms with van der Waals surface area (Å²) < 4.78 is 12.7. The Morgan fingerprint density at radius 2 is 1.63 bits per heavy atom. The summed E-state index contributed by atoms with van der Waals surface area (Å²) in [5.41, 5.74) is 3.11. The third kappa shape index (κ3) is 7.04. The number of benzene rings is 3. The molecule has 7 heteroatoms. The molecule has 7 nitrogen and oxygen atoms in total. The van der Waals surface area contributed by atoms with Gasteiger partial charge in [-0.1, -0.05) is 60.2 Å². The Hall–Kier alpha value is -4.39. The van der Waals surface area contributed by atoms with Gasteiger partial charge >= 0.3 is 0 Å². The fraction of sp³-hybridized carbons (Fsp3) is 0.179. The molecule has 4 aromatic rings. The lowest BCUT2D eigenvalue weighted by Gasteiger charge is -2.10. The molecule has 0 saturated carbocycles. The van der Waals surface area contributed by atoms with E-state index >= 15 is 0 Å². The molecule has 0 bridgehead atoms. The highest BCUT2D eigenvalue weighted by Gasteiger charge is 2.10. The highest BCUT2D eigenvalue weighted by molar-refractivity contribution is 5.91. The molecule has 1 N–H and O–H groups in total. The molecule has 4 rings (SSSR count). The fourth-order valence-corrected chi connectivity index (χ4v) is 3.44. The van der Waals surface area contributed by atoms with Gasteiger partial charge in [0.05, 0.1) is 6.54 Å². The number of rotatable bonds is 10. The van der Waals surface area contributed by atoms with Crippen LogP contribution in [0.2, 0.25) is 0 Å². The van der Waals surface area contributed by atoms with Gasteiger partial charge in [-0.05, 0) is 48.4 Å². The number of nitrogens with one attached hydrogen (secondary N) is 1. The molecular formula is C28H27N3O4. The van der Waals surface area contributed by atoms with Gasteiger partial charge < -0.3 is 14.8 Å². The molecule has 1 heterocycles. The number of amides is 1. The summed E-state index contributed by atoms with van der Waals surface area (Å²) >= 11 is 0. The van der Waals surface area contributed by atoms with E-state index in [1.807, 2.05) is 66.7 Å². The third-order valence-corrected chi connectivity index (χ3v) is 5.28. The van der Waals surface area contributed by atoms with Gasteiger partial charge in [-0.15, -0.1) is 0 Å². The Labute approximate surface area is 204 Å². The van der Waals surface area contributed by atoms with Gasteiger partial charge in [0.25, 0.3) is 11.5 Å². The minimum Gasteiger partial charge on any atom is -0.492 e. The number of aromatic nitrogens is 2. The summed E-state index contributed by atoms with van der Waals surface area (Å²) in [7, 11) is 0. The first-order valence-corrected chi connectivity index (χ1v) is 11.4. The zero-order valence-electron chi connectivity index (χ0n) is 19.5. The minimum atomic E-state index is -0.359. The van der Waals surface area contributed by atoms with Crippen molar-refractivity contribution in [3.63, 3.8) is 0 Å². The van der Waals surface area contributed by atoms with Gasteiger partial charge in [0.1, 0.15) is 30.4 Å². The van der Waals surface area contributed by atoms with Crippen LogP contribution in [0.25, 0.3) is 0 Å². The number of carbonyl (C=O) groups excluding carboxylic acids is 1. The Morgan fingerprint density at radius 3 is 2.40 bits per heavy atom. The van der Waals surface area contributed by atoms with Crippen molar-refractivity contribution in [1.29, 1.82) is 0 Å². The quantitative estimate of drug-likeness (QED) is 0.378. The van der Waals surface area contributed by atoms with Crippen molar-refractivity contribution in [3.8, 4) is 11.5 Å². The van der Waals surface area contributed by atoms with E-state index in [9.17, 15) is 9.59 Å². The van der Waals surface area contributed by atoms with Crippen molar-refractivity contribution in [2.45, 2.75) is 26.6 Å². The molecule has 3 aromatic carbocycles. The smallest absolute Gasteiger partial charge is 0.271 e. The SMILES string of the molecule is Cc1cccc(COc2ccc(CNC(=O)c3ccc(=O)n(CCOc4ccccc4)n3)cc2)c1. The molecule has 0 radical (unpaired) electrons. The van der Waals surface area contributed by atoms with Crippen molar-refractivity contribution in [2.75, 3.05) is 6.61 Å². The maximum atomic E-state index is 12.6. The van der Waals surface area contributed by atoms with E-state index in [4.69, 9.17) is 9.47 Å². The maximum Gasteiger partial charge on any atom is 0.271 e. The number of carbonyl (C=O) groups is 1. The number of hydrogen-bond donors (Lipinski definition) is 1. The van der Waals surface area contributed by atoms with E-state index in [0.717, 1.165) is 16.9 Å². The summed E-state index contributed by atoms with van der Waals surface area (Å²) in [6.45, 7) is 3.38. The second-order valence-electron chi connectivity index (χ2n) is 8.05. The number of aryl methyl sites for hydroxylation is 1. The fourth-order valence-electron chi connectivity index (χ4n) is 3.44. The van der Waals surface area contributed by atoms with Gasteiger partial charge in [0, 0.05) is 12.6 Å². The van der Waals surface area contributed by atoms with Gasteiger partial charge in [0.15, 0.2) is 0 Å². The highest BCUT2D eigenvalue weighted by atomic mass is 16.5. The Kier molecular flexibility index (Phi) is 7.91.